The van der Waals surface area contributed by atoms with Crippen molar-refractivity contribution < 1.29 is 27.5 Å². The molecule has 0 bridgehead atoms. The number of nitrogens with one attached hydrogen (secondary N) is 2. The monoisotopic (exact) mass is 392 g/mol. The van der Waals surface area contributed by atoms with E-state index < -0.39 is 12.8 Å². The van der Waals surface area contributed by atoms with Crippen molar-refractivity contribution in [2.24, 2.45) is 5.92 Å². The fourth-order valence-corrected chi connectivity index (χ4v) is 2.47. The zero-order valence-corrected chi connectivity index (χ0v) is 14.9. The quantitative estimate of drug-likeness (QED) is 0.736. The van der Waals surface area contributed by atoms with Crippen molar-refractivity contribution in [3.63, 3.8) is 0 Å². The van der Waals surface area contributed by atoms with Gasteiger partial charge in [-0.15, -0.1) is 0 Å². The molecule has 2 amide bonds. The van der Waals surface area contributed by atoms with Crippen LogP contribution >= 0.6 is 0 Å². The second kappa shape index (κ2) is 8.43. The van der Waals surface area contributed by atoms with E-state index >= 15 is 0 Å². The molecule has 0 saturated heterocycles. The number of ether oxygens (including phenoxy) is 1. The van der Waals surface area contributed by atoms with E-state index in [1.54, 1.807) is 36.4 Å². The summed E-state index contributed by atoms with van der Waals surface area (Å²) < 4.78 is 40.8. The van der Waals surface area contributed by atoms with Gasteiger partial charge in [0.15, 0.2) is 0 Å². The molecule has 0 atom stereocenters. The molecule has 148 valence electrons. The van der Waals surface area contributed by atoms with Crippen LogP contribution in [0.25, 0.3) is 0 Å². The highest BCUT2D eigenvalue weighted by Crippen LogP contribution is 2.30. The highest BCUT2D eigenvalue weighted by atomic mass is 19.4. The summed E-state index contributed by atoms with van der Waals surface area (Å²) in [6.07, 6.45) is -2.52. The highest BCUT2D eigenvalue weighted by molar-refractivity contribution is 6.04. The predicted molar refractivity (Wildman–Crippen MR) is 97.9 cm³/mol. The molecule has 8 heteroatoms. The minimum Gasteiger partial charge on any atom is -0.367 e. The predicted octanol–water partition coefficient (Wildman–Crippen LogP) is 4.37. The topological polar surface area (TPSA) is 67.4 Å². The number of benzene rings is 2. The Kier molecular flexibility index (Phi) is 5.99. The zero-order chi connectivity index (χ0) is 20.1. The molecule has 1 aliphatic carbocycles. The van der Waals surface area contributed by atoms with Gasteiger partial charge in [-0.3, -0.25) is 9.59 Å². The van der Waals surface area contributed by atoms with Gasteiger partial charge in [0.1, 0.15) is 6.61 Å². The Balaban J connectivity index is 1.50. The lowest BCUT2D eigenvalue weighted by Gasteiger charge is -2.09. The zero-order valence-electron chi connectivity index (χ0n) is 14.9. The second-order valence-corrected chi connectivity index (χ2v) is 6.60. The normalized spacial score (nSPS) is 13.8. The molecule has 0 heterocycles. The molecular formula is C20H19F3N2O3. The summed E-state index contributed by atoms with van der Waals surface area (Å²) in [7, 11) is 0. The lowest BCUT2D eigenvalue weighted by Crippen LogP contribution is -2.16. The average molecular weight is 392 g/mol. The summed E-state index contributed by atoms with van der Waals surface area (Å²) in [5.41, 5.74) is 2.13. The van der Waals surface area contributed by atoms with Gasteiger partial charge in [-0.1, -0.05) is 12.1 Å². The first-order valence-corrected chi connectivity index (χ1v) is 8.76. The summed E-state index contributed by atoms with van der Waals surface area (Å²) in [6.45, 7) is -1.50. The van der Waals surface area contributed by atoms with Crippen LogP contribution in [0.5, 0.6) is 0 Å². The summed E-state index contributed by atoms with van der Waals surface area (Å²) in [6, 6.07) is 12.9. The number of carbonyl (C=O) groups excluding carboxylic acids is 2. The highest BCUT2D eigenvalue weighted by Gasteiger charge is 2.29. The third-order valence-corrected chi connectivity index (χ3v) is 4.11. The Morgan fingerprint density at radius 2 is 1.50 bits per heavy atom. The summed E-state index contributed by atoms with van der Waals surface area (Å²) in [4.78, 5) is 24.0. The molecule has 1 fully saturated rings. The van der Waals surface area contributed by atoms with E-state index in [0.717, 1.165) is 12.8 Å². The molecule has 2 aromatic carbocycles. The number of hydrogen-bond donors (Lipinski definition) is 2. The van der Waals surface area contributed by atoms with Crippen LogP contribution in [0, 0.1) is 5.92 Å². The standard InChI is InChI=1S/C20H19F3N2O3/c21-20(22,23)12-28-11-13-1-3-14(4-2-13)18(26)24-16-7-9-17(10-8-16)25-19(27)15-5-6-15/h1-4,7-10,15H,5-6,11-12H2,(H,24,26)(H,25,27). The third kappa shape index (κ3) is 6.09. The van der Waals surface area contributed by atoms with E-state index in [0.29, 0.717) is 22.5 Å². The van der Waals surface area contributed by atoms with Gasteiger partial charge in [-0.2, -0.15) is 13.2 Å². The van der Waals surface area contributed by atoms with Crippen LogP contribution in [0.2, 0.25) is 0 Å². The lowest BCUT2D eigenvalue weighted by molar-refractivity contribution is -0.176. The number of carbonyl (C=O) groups is 2. The molecule has 28 heavy (non-hydrogen) atoms. The first-order chi connectivity index (χ1) is 13.3. The molecule has 0 aromatic heterocycles. The van der Waals surface area contributed by atoms with Crippen LogP contribution in [-0.2, 0) is 16.1 Å². The Bertz CT molecular complexity index is 829. The maximum absolute atomic E-state index is 12.3. The molecule has 0 aliphatic heterocycles. The molecule has 3 rings (SSSR count). The van der Waals surface area contributed by atoms with Crippen LogP contribution in [0.15, 0.2) is 48.5 Å². The van der Waals surface area contributed by atoms with Crippen LogP contribution in [0.4, 0.5) is 24.5 Å². The lowest BCUT2D eigenvalue weighted by atomic mass is 10.1. The van der Waals surface area contributed by atoms with Crippen molar-refractivity contribution in [3.05, 3.63) is 59.7 Å². The molecular weight excluding hydrogens is 373 g/mol. The molecule has 2 N–H and O–H groups in total. The van der Waals surface area contributed by atoms with Crippen molar-refractivity contribution >= 4 is 23.2 Å². The van der Waals surface area contributed by atoms with E-state index in [9.17, 15) is 22.8 Å². The van der Waals surface area contributed by atoms with E-state index in [-0.39, 0.29) is 24.3 Å². The van der Waals surface area contributed by atoms with Gasteiger partial charge in [0.25, 0.3) is 5.91 Å². The van der Waals surface area contributed by atoms with Gasteiger partial charge in [0.05, 0.1) is 6.61 Å². The van der Waals surface area contributed by atoms with Crippen molar-refractivity contribution in [3.8, 4) is 0 Å². The fourth-order valence-electron chi connectivity index (χ4n) is 2.47. The van der Waals surface area contributed by atoms with E-state index in [1.165, 1.54) is 12.1 Å². The maximum Gasteiger partial charge on any atom is 0.411 e. The third-order valence-electron chi connectivity index (χ3n) is 4.11. The van der Waals surface area contributed by atoms with Crippen LogP contribution in [0.3, 0.4) is 0 Å². The van der Waals surface area contributed by atoms with Gasteiger partial charge in [-0.05, 0) is 54.8 Å². The van der Waals surface area contributed by atoms with Gasteiger partial charge >= 0.3 is 6.18 Å². The Morgan fingerprint density at radius 3 is 2.04 bits per heavy atom. The first-order valence-electron chi connectivity index (χ1n) is 8.76. The second-order valence-electron chi connectivity index (χ2n) is 6.60. The van der Waals surface area contributed by atoms with Crippen LogP contribution < -0.4 is 10.6 Å². The van der Waals surface area contributed by atoms with Gasteiger partial charge in [0, 0.05) is 22.9 Å². The maximum atomic E-state index is 12.3. The van der Waals surface area contributed by atoms with E-state index in [2.05, 4.69) is 15.4 Å². The molecule has 1 aliphatic rings. The largest absolute Gasteiger partial charge is 0.411 e. The smallest absolute Gasteiger partial charge is 0.367 e. The molecule has 0 spiro atoms. The first kappa shape index (κ1) is 19.9. The van der Waals surface area contributed by atoms with Crippen molar-refractivity contribution in [1.29, 1.82) is 0 Å². The van der Waals surface area contributed by atoms with E-state index in [4.69, 9.17) is 0 Å². The molecule has 5 nitrogen and oxygen atoms in total. The Labute approximate surface area is 159 Å². The minimum absolute atomic E-state index is 0.0103. The Morgan fingerprint density at radius 1 is 0.929 bits per heavy atom. The molecule has 0 unspecified atom stereocenters. The number of amides is 2. The number of rotatable bonds is 7. The molecule has 2 aromatic rings. The number of hydrogen-bond acceptors (Lipinski definition) is 3. The van der Waals surface area contributed by atoms with Crippen molar-refractivity contribution in [1.82, 2.24) is 0 Å². The average Bonchev–Trinajstić information content (AvgIpc) is 3.48. The number of halogens is 3. The van der Waals surface area contributed by atoms with Gasteiger partial charge in [-0.25, -0.2) is 0 Å². The molecule has 0 radical (unpaired) electrons. The van der Waals surface area contributed by atoms with Gasteiger partial charge in [0.2, 0.25) is 5.91 Å². The number of alkyl halides is 3. The molecule has 1 saturated carbocycles. The fraction of sp³-hybridized carbons (Fsp3) is 0.300. The summed E-state index contributed by atoms with van der Waals surface area (Å²) in [5.74, 6) is -0.227. The minimum atomic E-state index is -4.36. The van der Waals surface area contributed by atoms with Crippen molar-refractivity contribution in [2.45, 2.75) is 25.6 Å². The van der Waals surface area contributed by atoms with E-state index in [1.807, 2.05) is 0 Å². The SMILES string of the molecule is O=C(Nc1ccc(NC(=O)C2CC2)cc1)c1ccc(COCC(F)(F)F)cc1. The van der Waals surface area contributed by atoms with Gasteiger partial charge < -0.3 is 15.4 Å². The van der Waals surface area contributed by atoms with Crippen LogP contribution in [-0.4, -0.2) is 24.6 Å². The summed E-state index contributed by atoms with van der Waals surface area (Å²) >= 11 is 0. The van der Waals surface area contributed by atoms with Crippen molar-refractivity contribution in [2.75, 3.05) is 17.2 Å². The Hall–Kier alpha value is -2.87. The summed E-state index contributed by atoms with van der Waals surface area (Å²) in [5, 5.41) is 5.54. The number of anilines is 2. The van der Waals surface area contributed by atoms with Crippen LogP contribution in [0.1, 0.15) is 28.8 Å².